The van der Waals surface area contributed by atoms with Gasteiger partial charge >= 0.3 is 0 Å². The Bertz CT molecular complexity index is 1380. The molecule has 0 unspecified atom stereocenters. The van der Waals surface area contributed by atoms with Gasteiger partial charge in [0.15, 0.2) is 0 Å². The number of hydrogen-bond acceptors (Lipinski definition) is 2. The molecule has 2 atom stereocenters. The number of aryl methyl sites for hydroxylation is 1. The Hall–Kier alpha value is -3.07. The van der Waals surface area contributed by atoms with Crippen LogP contribution >= 0.6 is 0 Å². The van der Waals surface area contributed by atoms with Gasteiger partial charge in [-0.15, -0.1) is 0 Å². The Morgan fingerprint density at radius 1 is 0.892 bits per heavy atom. The lowest BCUT2D eigenvalue weighted by atomic mass is 9.58. The minimum Gasteiger partial charge on any atom is -0.497 e. The molecule has 0 N–H and O–H groups in total. The summed E-state index contributed by atoms with van der Waals surface area (Å²) in [5.74, 6) is 2.13. The molecule has 0 aliphatic heterocycles. The fraction of sp³-hybridized carbons (Fsp3) is 0.412. The molecule has 3 aromatic carbocycles. The number of hydrogen-bond donors (Lipinski definition) is 0. The van der Waals surface area contributed by atoms with Gasteiger partial charge in [-0.1, -0.05) is 45.0 Å². The summed E-state index contributed by atoms with van der Waals surface area (Å²) in [6.07, 6.45) is 9.57. The Labute approximate surface area is 220 Å². The summed E-state index contributed by atoms with van der Waals surface area (Å²) < 4.78 is 26.8. The fourth-order valence-electron chi connectivity index (χ4n) is 6.98. The lowest BCUT2D eigenvalue weighted by molar-refractivity contribution is 0.138. The monoisotopic (exact) mass is 496 g/mol. The van der Waals surface area contributed by atoms with Crippen LogP contribution in [-0.2, 0) is 18.4 Å². The van der Waals surface area contributed by atoms with Gasteiger partial charge in [0.25, 0.3) is 0 Å². The van der Waals surface area contributed by atoms with Crippen molar-refractivity contribution in [3.63, 3.8) is 0 Å². The second-order valence-corrected chi connectivity index (χ2v) is 12.0. The molecule has 6 rings (SSSR count). The predicted octanol–water partition coefficient (Wildman–Crippen LogP) is 8.90. The molecule has 0 bridgehead atoms. The molecule has 0 heterocycles. The highest BCUT2D eigenvalue weighted by Gasteiger charge is 2.49. The number of allylic oxidation sites excluding steroid dienone is 2. The van der Waals surface area contributed by atoms with Gasteiger partial charge in [0.05, 0.1) is 7.11 Å². The maximum atomic E-state index is 15.1. The number of ether oxygens (including phenoxy) is 2. The summed E-state index contributed by atoms with van der Waals surface area (Å²) in [6.45, 7) is 7.45. The highest BCUT2D eigenvalue weighted by molar-refractivity contribution is 5.85. The number of fused-ring (bicyclic) bond motifs is 2. The average Bonchev–Trinajstić information content (AvgIpc) is 3.47. The van der Waals surface area contributed by atoms with Crippen molar-refractivity contribution in [1.82, 2.24) is 0 Å². The molecule has 1 fully saturated rings. The maximum Gasteiger partial charge on any atom is 0.131 e. The van der Waals surface area contributed by atoms with Gasteiger partial charge < -0.3 is 9.47 Å². The average molecular weight is 497 g/mol. The molecule has 3 aliphatic rings. The zero-order valence-electron chi connectivity index (χ0n) is 22.5. The highest BCUT2D eigenvalue weighted by atomic mass is 19.1. The predicted molar refractivity (Wildman–Crippen MR) is 149 cm³/mol. The molecule has 3 aliphatic carbocycles. The van der Waals surface area contributed by atoms with Crippen LogP contribution in [-0.4, -0.2) is 7.11 Å². The van der Waals surface area contributed by atoms with Crippen molar-refractivity contribution in [1.29, 1.82) is 0 Å². The van der Waals surface area contributed by atoms with Crippen LogP contribution in [0.25, 0.3) is 16.7 Å². The van der Waals surface area contributed by atoms with Crippen molar-refractivity contribution in [3.8, 4) is 22.6 Å². The van der Waals surface area contributed by atoms with E-state index >= 15 is 4.39 Å². The second kappa shape index (κ2) is 9.04. The number of rotatable bonds is 6. The normalized spacial score (nSPS) is 23.5. The molecule has 3 aromatic rings. The Balaban J connectivity index is 1.33. The zero-order chi connectivity index (χ0) is 25.8. The van der Waals surface area contributed by atoms with E-state index in [1.807, 2.05) is 0 Å². The van der Waals surface area contributed by atoms with E-state index in [0.717, 1.165) is 41.2 Å². The maximum absolute atomic E-state index is 15.1. The summed E-state index contributed by atoms with van der Waals surface area (Å²) in [6, 6.07) is 18.0. The topological polar surface area (TPSA) is 18.5 Å². The van der Waals surface area contributed by atoms with Gasteiger partial charge in [0, 0.05) is 5.56 Å². The van der Waals surface area contributed by atoms with E-state index in [-0.39, 0.29) is 11.2 Å². The third kappa shape index (κ3) is 4.07. The Kier molecular flexibility index (Phi) is 5.93. The van der Waals surface area contributed by atoms with Crippen molar-refractivity contribution >= 4 is 5.57 Å². The third-order valence-electron chi connectivity index (χ3n) is 9.52. The van der Waals surface area contributed by atoms with Gasteiger partial charge in [-0.25, -0.2) is 4.39 Å². The summed E-state index contributed by atoms with van der Waals surface area (Å²) in [5, 5.41) is 0. The first kappa shape index (κ1) is 24.3. The SMILES string of the molecule is COc1ccc(F)c(-c2ccc(COc3ccc4c(c3)[C@@]3(CC4)CC[C@H]3C)cc2C2=CCCC2(C)C)c1. The minimum atomic E-state index is -0.236. The van der Waals surface area contributed by atoms with E-state index in [4.69, 9.17) is 9.47 Å². The van der Waals surface area contributed by atoms with Crippen LogP contribution in [0.5, 0.6) is 11.5 Å². The van der Waals surface area contributed by atoms with Crippen LogP contribution in [0, 0.1) is 17.2 Å². The molecule has 192 valence electrons. The molecular formula is C34H37FO2. The smallest absolute Gasteiger partial charge is 0.131 e. The lowest BCUT2D eigenvalue weighted by Crippen LogP contribution is -2.40. The van der Waals surface area contributed by atoms with Crippen molar-refractivity contribution in [2.45, 2.75) is 71.3 Å². The van der Waals surface area contributed by atoms with Gasteiger partial charge in [-0.2, -0.15) is 0 Å². The molecule has 37 heavy (non-hydrogen) atoms. The standard InChI is InChI=1S/C34H37FO2/c1-22-13-16-34(22)17-14-24-8-9-26(20-31(24)34)37-21-23-7-11-27(29-19-25(36-4)10-12-32(29)35)28(18-23)30-6-5-15-33(30,2)3/h6-12,18-20,22H,5,13-17,21H2,1-4H3/t22-,34-/m1/s1. The molecule has 2 nitrogen and oxygen atoms in total. The van der Waals surface area contributed by atoms with Crippen molar-refractivity contribution in [2.75, 3.05) is 7.11 Å². The van der Waals surface area contributed by atoms with Crippen LogP contribution in [0.2, 0.25) is 0 Å². The number of halogens is 1. The van der Waals surface area contributed by atoms with E-state index < -0.39 is 0 Å². The molecule has 1 spiro atoms. The molecule has 0 amide bonds. The molecular weight excluding hydrogens is 459 g/mol. The Morgan fingerprint density at radius 2 is 1.73 bits per heavy atom. The van der Waals surface area contributed by atoms with Crippen LogP contribution in [0.15, 0.2) is 60.7 Å². The molecule has 3 heteroatoms. The number of benzene rings is 3. The van der Waals surface area contributed by atoms with Crippen LogP contribution < -0.4 is 9.47 Å². The lowest BCUT2D eigenvalue weighted by Gasteiger charge is -2.46. The first-order valence-electron chi connectivity index (χ1n) is 13.7. The minimum absolute atomic E-state index is 0.0390. The molecule has 0 radical (unpaired) electrons. The van der Waals surface area contributed by atoms with E-state index in [9.17, 15) is 0 Å². The fourth-order valence-corrected chi connectivity index (χ4v) is 6.98. The van der Waals surface area contributed by atoms with Gasteiger partial charge in [-0.05, 0) is 125 Å². The summed E-state index contributed by atoms with van der Waals surface area (Å²) in [7, 11) is 1.62. The second-order valence-electron chi connectivity index (χ2n) is 12.0. The summed E-state index contributed by atoms with van der Waals surface area (Å²) >= 11 is 0. The van der Waals surface area contributed by atoms with Crippen molar-refractivity contribution < 1.29 is 13.9 Å². The third-order valence-corrected chi connectivity index (χ3v) is 9.52. The first-order valence-corrected chi connectivity index (χ1v) is 13.7. The number of methoxy groups -OCH3 is 1. The van der Waals surface area contributed by atoms with E-state index in [0.29, 0.717) is 23.3 Å². The van der Waals surface area contributed by atoms with Crippen LogP contribution in [0.3, 0.4) is 0 Å². The Morgan fingerprint density at radius 3 is 2.43 bits per heavy atom. The van der Waals surface area contributed by atoms with Crippen LogP contribution in [0.1, 0.15) is 75.1 Å². The van der Waals surface area contributed by atoms with E-state index in [1.54, 1.807) is 19.2 Å². The van der Waals surface area contributed by atoms with Crippen LogP contribution in [0.4, 0.5) is 4.39 Å². The highest BCUT2D eigenvalue weighted by Crippen LogP contribution is 2.56. The van der Waals surface area contributed by atoms with Crippen molar-refractivity contribution in [3.05, 3.63) is 88.7 Å². The molecule has 0 aromatic heterocycles. The summed E-state index contributed by atoms with van der Waals surface area (Å²) in [4.78, 5) is 0. The van der Waals surface area contributed by atoms with Gasteiger partial charge in [0.1, 0.15) is 23.9 Å². The molecule has 1 saturated carbocycles. The quantitative estimate of drug-likeness (QED) is 0.339. The van der Waals surface area contributed by atoms with Gasteiger partial charge in [0.2, 0.25) is 0 Å². The van der Waals surface area contributed by atoms with E-state index in [2.05, 4.69) is 63.2 Å². The zero-order valence-corrected chi connectivity index (χ0v) is 22.5. The molecule has 0 saturated heterocycles. The largest absolute Gasteiger partial charge is 0.497 e. The van der Waals surface area contributed by atoms with E-state index in [1.165, 1.54) is 48.4 Å². The van der Waals surface area contributed by atoms with Crippen molar-refractivity contribution in [2.24, 2.45) is 11.3 Å². The summed E-state index contributed by atoms with van der Waals surface area (Å²) in [5.41, 5.74) is 8.38. The first-order chi connectivity index (χ1) is 17.8. The van der Waals surface area contributed by atoms with Gasteiger partial charge in [-0.3, -0.25) is 0 Å².